The van der Waals surface area contributed by atoms with E-state index in [1.165, 1.54) is 29.8 Å². The van der Waals surface area contributed by atoms with Gasteiger partial charge in [0, 0.05) is 6.42 Å². The number of carbonyl (C=O) groups is 1. The van der Waals surface area contributed by atoms with Crippen LogP contribution in [0.3, 0.4) is 0 Å². The molecule has 142 valence electrons. The molecule has 0 bridgehead atoms. The van der Waals surface area contributed by atoms with Crippen LogP contribution in [0.2, 0.25) is 4.34 Å². The van der Waals surface area contributed by atoms with E-state index >= 15 is 0 Å². The molecule has 0 fully saturated rings. The number of ether oxygens (including phenoxy) is 2. The van der Waals surface area contributed by atoms with Crippen molar-refractivity contribution in [1.29, 1.82) is 0 Å². The molecule has 0 aliphatic heterocycles. The van der Waals surface area contributed by atoms with Gasteiger partial charge in [-0.1, -0.05) is 22.9 Å². The maximum Gasteiger partial charge on any atom is 0.273 e. The van der Waals surface area contributed by atoms with Crippen LogP contribution in [0.1, 0.15) is 15.4 Å². The van der Waals surface area contributed by atoms with Crippen LogP contribution in [0, 0.1) is 11.6 Å². The number of aromatic nitrogens is 2. The SMILES string of the molecule is COc1ncc(-c2nc(CCOc3ccc(F)c(C(N)=O)c3F)sc2Cl)s1. The normalized spacial score (nSPS) is 10.8. The summed E-state index contributed by atoms with van der Waals surface area (Å²) < 4.78 is 38.4. The van der Waals surface area contributed by atoms with Gasteiger partial charge < -0.3 is 15.2 Å². The molecule has 0 aliphatic carbocycles. The molecule has 2 heterocycles. The van der Waals surface area contributed by atoms with Crippen molar-refractivity contribution in [2.45, 2.75) is 6.42 Å². The Bertz CT molecular complexity index is 993. The fourth-order valence-corrected chi connectivity index (χ4v) is 4.22. The van der Waals surface area contributed by atoms with Crippen LogP contribution in [0.5, 0.6) is 10.9 Å². The van der Waals surface area contributed by atoms with Crippen LogP contribution < -0.4 is 15.2 Å². The van der Waals surface area contributed by atoms with Gasteiger partial charge in [-0.25, -0.2) is 18.7 Å². The highest BCUT2D eigenvalue weighted by atomic mass is 35.5. The Balaban J connectivity index is 1.69. The number of hydrogen-bond donors (Lipinski definition) is 1. The minimum Gasteiger partial charge on any atom is -0.490 e. The van der Waals surface area contributed by atoms with Crippen LogP contribution in [0.15, 0.2) is 18.3 Å². The van der Waals surface area contributed by atoms with E-state index in [4.69, 9.17) is 26.8 Å². The highest BCUT2D eigenvalue weighted by Gasteiger charge is 2.20. The summed E-state index contributed by atoms with van der Waals surface area (Å²) in [5.74, 6) is -3.63. The van der Waals surface area contributed by atoms with E-state index in [1.54, 1.807) is 6.20 Å². The van der Waals surface area contributed by atoms with Gasteiger partial charge >= 0.3 is 0 Å². The van der Waals surface area contributed by atoms with Crippen molar-refractivity contribution in [3.05, 3.63) is 44.9 Å². The molecule has 0 saturated carbocycles. The molecule has 6 nitrogen and oxygen atoms in total. The summed E-state index contributed by atoms with van der Waals surface area (Å²) in [5.41, 5.74) is 4.74. The predicted molar refractivity (Wildman–Crippen MR) is 98.9 cm³/mol. The molecule has 3 aromatic rings. The van der Waals surface area contributed by atoms with Gasteiger partial charge in [0.2, 0.25) is 0 Å². The summed E-state index contributed by atoms with van der Waals surface area (Å²) in [6.07, 6.45) is 1.95. The fraction of sp³-hybridized carbons (Fsp3) is 0.188. The smallest absolute Gasteiger partial charge is 0.273 e. The molecule has 11 heteroatoms. The molecule has 0 saturated heterocycles. The predicted octanol–water partition coefficient (Wildman–Crippen LogP) is 3.93. The second-order valence-electron chi connectivity index (χ2n) is 5.12. The molecular weight excluding hydrogens is 420 g/mol. The van der Waals surface area contributed by atoms with E-state index < -0.39 is 23.1 Å². The number of nitrogens with two attached hydrogens (primary N) is 1. The maximum absolute atomic E-state index is 14.1. The number of benzene rings is 1. The van der Waals surface area contributed by atoms with Gasteiger partial charge in [-0.05, 0) is 12.1 Å². The third kappa shape index (κ3) is 4.18. The van der Waals surface area contributed by atoms with Gasteiger partial charge in [-0.15, -0.1) is 11.3 Å². The average molecular weight is 432 g/mol. The van der Waals surface area contributed by atoms with Gasteiger partial charge in [0.05, 0.1) is 29.8 Å². The fourth-order valence-electron chi connectivity index (χ4n) is 2.18. The quantitative estimate of drug-likeness (QED) is 0.612. The molecule has 2 N–H and O–H groups in total. The third-order valence-electron chi connectivity index (χ3n) is 3.40. The van der Waals surface area contributed by atoms with Crippen molar-refractivity contribution < 1.29 is 23.0 Å². The van der Waals surface area contributed by atoms with Crippen LogP contribution in [0.25, 0.3) is 10.6 Å². The summed E-state index contributed by atoms with van der Waals surface area (Å²) in [6.45, 7) is 0.0516. The summed E-state index contributed by atoms with van der Waals surface area (Å²) in [4.78, 5) is 20.4. The number of carbonyl (C=O) groups excluding carboxylic acids is 1. The van der Waals surface area contributed by atoms with E-state index in [-0.39, 0.29) is 12.4 Å². The molecule has 0 spiro atoms. The van der Waals surface area contributed by atoms with Crippen molar-refractivity contribution in [3.8, 4) is 21.5 Å². The number of halogens is 3. The zero-order valence-corrected chi connectivity index (χ0v) is 16.2. The van der Waals surface area contributed by atoms with Crippen LogP contribution >= 0.6 is 34.3 Å². The molecule has 27 heavy (non-hydrogen) atoms. The first-order chi connectivity index (χ1) is 12.9. The molecule has 0 atom stereocenters. The summed E-state index contributed by atoms with van der Waals surface area (Å²) >= 11 is 8.79. The van der Waals surface area contributed by atoms with E-state index in [1.807, 2.05) is 0 Å². The monoisotopic (exact) mass is 431 g/mol. The third-order valence-corrected chi connectivity index (χ3v) is 5.68. The average Bonchev–Trinajstić information content (AvgIpc) is 3.23. The number of thiazole rings is 2. The van der Waals surface area contributed by atoms with Crippen molar-refractivity contribution in [1.82, 2.24) is 9.97 Å². The lowest BCUT2D eigenvalue weighted by molar-refractivity contribution is 0.0991. The van der Waals surface area contributed by atoms with E-state index in [0.29, 0.717) is 26.7 Å². The Kier molecular flexibility index (Phi) is 5.88. The molecule has 1 aromatic carbocycles. The van der Waals surface area contributed by atoms with Crippen molar-refractivity contribution in [2.75, 3.05) is 13.7 Å². The van der Waals surface area contributed by atoms with Crippen molar-refractivity contribution >= 4 is 40.2 Å². The second kappa shape index (κ2) is 8.15. The van der Waals surface area contributed by atoms with Gasteiger partial charge in [0.1, 0.15) is 21.4 Å². The first kappa shape index (κ1) is 19.5. The Morgan fingerprint density at radius 2 is 2.11 bits per heavy atom. The summed E-state index contributed by atoms with van der Waals surface area (Å²) in [7, 11) is 1.52. The number of primary amides is 1. The number of methoxy groups -OCH3 is 1. The van der Waals surface area contributed by atoms with Crippen molar-refractivity contribution in [3.63, 3.8) is 0 Å². The van der Waals surface area contributed by atoms with Gasteiger partial charge in [-0.2, -0.15) is 0 Å². The van der Waals surface area contributed by atoms with Gasteiger partial charge in [-0.3, -0.25) is 4.79 Å². The first-order valence-corrected chi connectivity index (χ1v) is 9.47. The van der Waals surface area contributed by atoms with Crippen LogP contribution in [-0.4, -0.2) is 29.6 Å². The maximum atomic E-state index is 14.1. The lowest BCUT2D eigenvalue weighted by Crippen LogP contribution is -2.16. The lowest BCUT2D eigenvalue weighted by atomic mass is 10.1. The van der Waals surface area contributed by atoms with E-state index in [2.05, 4.69) is 9.97 Å². The van der Waals surface area contributed by atoms with E-state index in [0.717, 1.165) is 17.0 Å². The number of rotatable bonds is 7. The zero-order valence-electron chi connectivity index (χ0n) is 13.8. The van der Waals surface area contributed by atoms with Crippen LogP contribution in [0.4, 0.5) is 8.78 Å². The Morgan fingerprint density at radius 1 is 1.33 bits per heavy atom. The minimum absolute atomic E-state index is 0.0516. The zero-order chi connectivity index (χ0) is 19.6. The highest BCUT2D eigenvalue weighted by molar-refractivity contribution is 7.19. The molecule has 3 rings (SSSR count). The number of nitrogens with zero attached hydrogens (tertiary/aromatic N) is 2. The molecular formula is C16H12ClF2N3O3S2. The molecule has 1 amide bonds. The highest BCUT2D eigenvalue weighted by Crippen LogP contribution is 2.37. The summed E-state index contributed by atoms with van der Waals surface area (Å²) in [6, 6.07) is 2.02. The van der Waals surface area contributed by atoms with Gasteiger partial charge in [0.25, 0.3) is 11.1 Å². The summed E-state index contributed by atoms with van der Waals surface area (Å²) in [5, 5.41) is 1.16. The van der Waals surface area contributed by atoms with Crippen LogP contribution in [-0.2, 0) is 6.42 Å². The molecule has 2 aromatic heterocycles. The molecule has 0 radical (unpaired) electrons. The topological polar surface area (TPSA) is 87.3 Å². The Labute approximate surface area is 165 Å². The largest absolute Gasteiger partial charge is 0.490 e. The molecule has 0 aliphatic rings. The lowest BCUT2D eigenvalue weighted by Gasteiger charge is -2.08. The molecule has 0 unspecified atom stereocenters. The number of amides is 1. The van der Waals surface area contributed by atoms with Gasteiger partial charge in [0.15, 0.2) is 11.6 Å². The first-order valence-electron chi connectivity index (χ1n) is 7.46. The number of hydrogen-bond acceptors (Lipinski definition) is 7. The Hall–Kier alpha value is -2.30. The minimum atomic E-state index is -1.20. The second-order valence-corrected chi connectivity index (χ2v) is 7.80. The van der Waals surface area contributed by atoms with Crippen molar-refractivity contribution in [2.24, 2.45) is 5.73 Å². The Morgan fingerprint density at radius 3 is 2.78 bits per heavy atom. The standard InChI is InChI=1S/C16H12ClF2N3O3S2/c1-24-16-21-6-9(26-16)13-14(17)27-10(22-13)4-5-25-8-3-2-7(18)11(12(8)19)15(20)23/h2-3,6H,4-5H2,1H3,(H2,20,23). The van der Waals surface area contributed by atoms with E-state index in [9.17, 15) is 13.6 Å².